The molecule has 1 aliphatic heterocycles. The van der Waals surface area contributed by atoms with Crippen molar-refractivity contribution in [2.45, 2.75) is 12.7 Å². The van der Waals surface area contributed by atoms with Gasteiger partial charge in [-0.2, -0.15) is 13.2 Å². The number of rotatable bonds is 3. The first-order valence-electron chi connectivity index (χ1n) is 8.68. The van der Waals surface area contributed by atoms with E-state index in [1.165, 1.54) is 17.4 Å². The molecule has 0 aliphatic carbocycles. The van der Waals surface area contributed by atoms with Gasteiger partial charge in [-0.25, -0.2) is 9.78 Å². The fourth-order valence-corrected chi connectivity index (χ4v) is 4.78. The number of carbonyl (C=O) groups excluding carboxylic acids is 1. The minimum absolute atomic E-state index is 0.00822. The van der Waals surface area contributed by atoms with Gasteiger partial charge in [0.25, 0.3) is 0 Å². The highest BCUT2D eigenvalue weighted by Gasteiger charge is 2.34. The lowest BCUT2D eigenvalue weighted by Crippen LogP contribution is -2.51. The van der Waals surface area contributed by atoms with Crippen molar-refractivity contribution in [2.75, 3.05) is 31.1 Å². The number of hydrogen-bond acceptors (Lipinski definition) is 5. The molecule has 4 rings (SSSR count). The Bertz CT molecular complexity index is 963. The molecule has 1 N–H and O–H groups in total. The molecule has 1 aliphatic rings. The molecule has 10 heteroatoms. The van der Waals surface area contributed by atoms with Crippen LogP contribution in [-0.2, 0) is 12.7 Å². The maximum atomic E-state index is 13.2. The Labute approximate surface area is 167 Å². The number of piperazine rings is 1. The standard InChI is InChI=1S/C18H17F3N4OS2/c19-18(20,21)13-4-1-5-14-15(13)23-17(28-14)25-8-6-24(7-9-25)16(26)22-11-12-3-2-10-27-12/h1-5,10H,6-9,11H2,(H,22,26). The van der Waals surface area contributed by atoms with E-state index in [4.69, 9.17) is 0 Å². The predicted molar refractivity (Wildman–Crippen MR) is 105 cm³/mol. The minimum atomic E-state index is -4.43. The molecular weight excluding hydrogens is 409 g/mol. The van der Waals surface area contributed by atoms with Gasteiger partial charge in [0.2, 0.25) is 0 Å². The molecule has 0 radical (unpaired) electrons. The van der Waals surface area contributed by atoms with Crippen molar-refractivity contribution in [3.05, 3.63) is 46.2 Å². The van der Waals surface area contributed by atoms with E-state index >= 15 is 0 Å². The topological polar surface area (TPSA) is 48.5 Å². The van der Waals surface area contributed by atoms with Crippen LogP contribution >= 0.6 is 22.7 Å². The van der Waals surface area contributed by atoms with E-state index in [0.29, 0.717) is 42.6 Å². The third-order valence-corrected chi connectivity index (χ3v) is 6.50. The van der Waals surface area contributed by atoms with Crippen LogP contribution in [0.3, 0.4) is 0 Å². The van der Waals surface area contributed by atoms with Crippen molar-refractivity contribution in [3.8, 4) is 0 Å². The molecule has 2 amide bonds. The van der Waals surface area contributed by atoms with Crippen LogP contribution in [0.5, 0.6) is 0 Å². The largest absolute Gasteiger partial charge is 0.418 e. The summed E-state index contributed by atoms with van der Waals surface area (Å²) in [5.41, 5.74) is -0.717. The predicted octanol–water partition coefficient (Wildman–Crippen LogP) is 4.41. The number of fused-ring (bicyclic) bond motifs is 1. The second kappa shape index (κ2) is 7.59. The van der Waals surface area contributed by atoms with Gasteiger partial charge in [0, 0.05) is 31.1 Å². The fourth-order valence-electron chi connectivity index (χ4n) is 3.09. The van der Waals surface area contributed by atoms with Gasteiger partial charge in [-0.05, 0) is 23.6 Å². The Hall–Kier alpha value is -2.33. The lowest BCUT2D eigenvalue weighted by Gasteiger charge is -2.34. The van der Waals surface area contributed by atoms with Crippen LogP contribution in [0, 0.1) is 0 Å². The van der Waals surface area contributed by atoms with Gasteiger partial charge >= 0.3 is 12.2 Å². The first-order chi connectivity index (χ1) is 13.4. The number of benzene rings is 1. The van der Waals surface area contributed by atoms with Crippen LogP contribution in [0.25, 0.3) is 10.2 Å². The maximum Gasteiger partial charge on any atom is 0.418 e. The molecule has 2 aromatic heterocycles. The number of aromatic nitrogens is 1. The molecule has 0 saturated carbocycles. The zero-order valence-electron chi connectivity index (χ0n) is 14.7. The molecular formula is C18H17F3N4OS2. The number of carbonyl (C=O) groups is 1. The molecule has 148 valence electrons. The lowest BCUT2D eigenvalue weighted by molar-refractivity contribution is -0.136. The SMILES string of the molecule is O=C(NCc1cccs1)N1CCN(c2nc3c(C(F)(F)F)cccc3s2)CC1. The molecule has 0 bridgehead atoms. The highest BCUT2D eigenvalue weighted by molar-refractivity contribution is 7.22. The van der Waals surface area contributed by atoms with Gasteiger partial charge < -0.3 is 15.1 Å². The molecule has 1 aromatic carbocycles. The van der Waals surface area contributed by atoms with E-state index in [-0.39, 0.29) is 11.5 Å². The van der Waals surface area contributed by atoms with Crippen molar-refractivity contribution in [3.63, 3.8) is 0 Å². The zero-order chi connectivity index (χ0) is 19.7. The first kappa shape index (κ1) is 19.0. The van der Waals surface area contributed by atoms with Gasteiger partial charge in [0.1, 0.15) is 0 Å². The number of hydrogen-bond donors (Lipinski definition) is 1. The number of amides is 2. The second-order valence-electron chi connectivity index (χ2n) is 6.36. The first-order valence-corrected chi connectivity index (χ1v) is 10.4. The summed E-state index contributed by atoms with van der Waals surface area (Å²) >= 11 is 2.83. The summed E-state index contributed by atoms with van der Waals surface area (Å²) in [4.78, 5) is 21.3. The Morgan fingerprint density at radius 3 is 2.61 bits per heavy atom. The average molecular weight is 426 g/mol. The van der Waals surface area contributed by atoms with Crippen LogP contribution < -0.4 is 10.2 Å². The molecule has 0 atom stereocenters. The summed E-state index contributed by atoms with van der Waals surface area (Å²) in [5.74, 6) is 0. The zero-order valence-corrected chi connectivity index (χ0v) is 16.3. The lowest BCUT2D eigenvalue weighted by atomic mass is 10.2. The van der Waals surface area contributed by atoms with E-state index in [2.05, 4.69) is 10.3 Å². The van der Waals surface area contributed by atoms with Gasteiger partial charge in [-0.3, -0.25) is 0 Å². The number of halogens is 3. The monoisotopic (exact) mass is 426 g/mol. The number of nitrogens with zero attached hydrogens (tertiary/aromatic N) is 3. The second-order valence-corrected chi connectivity index (χ2v) is 8.40. The van der Waals surface area contributed by atoms with Crippen molar-refractivity contribution in [1.29, 1.82) is 0 Å². The number of anilines is 1. The summed E-state index contributed by atoms with van der Waals surface area (Å²) in [6.45, 7) is 2.56. The smallest absolute Gasteiger partial charge is 0.345 e. The number of thiophene rings is 1. The number of alkyl halides is 3. The number of thiazole rings is 1. The van der Waals surface area contributed by atoms with E-state index in [1.54, 1.807) is 22.3 Å². The Morgan fingerprint density at radius 1 is 1.14 bits per heavy atom. The number of para-hydroxylation sites is 1. The van der Waals surface area contributed by atoms with Gasteiger partial charge in [-0.15, -0.1) is 11.3 Å². The number of nitrogens with one attached hydrogen (secondary N) is 1. The Kier molecular flexibility index (Phi) is 5.15. The van der Waals surface area contributed by atoms with Crippen LogP contribution in [0.15, 0.2) is 35.7 Å². The molecule has 3 aromatic rings. The minimum Gasteiger partial charge on any atom is -0.345 e. The molecule has 28 heavy (non-hydrogen) atoms. The van der Waals surface area contributed by atoms with Crippen LogP contribution in [0.4, 0.5) is 23.1 Å². The van der Waals surface area contributed by atoms with E-state index < -0.39 is 11.7 Å². The summed E-state index contributed by atoms with van der Waals surface area (Å²) in [6, 6.07) is 7.89. The highest BCUT2D eigenvalue weighted by atomic mass is 32.1. The molecule has 1 fully saturated rings. The van der Waals surface area contributed by atoms with Crippen molar-refractivity contribution >= 4 is 44.1 Å². The third-order valence-electron chi connectivity index (χ3n) is 4.54. The van der Waals surface area contributed by atoms with Crippen LogP contribution in [0.2, 0.25) is 0 Å². The van der Waals surface area contributed by atoms with Crippen molar-refractivity contribution in [1.82, 2.24) is 15.2 Å². The van der Waals surface area contributed by atoms with Crippen LogP contribution in [0.1, 0.15) is 10.4 Å². The highest BCUT2D eigenvalue weighted by Crippen LogP contribution is 2.38. The van der Waals surface area contributed by atoms with E-state index in [9.17, 15) is 18.0 Å². The van der Waals surface area contributed by atoms with Gasteiger partial charge in [0.15, 0.2) is 5.13 Å². The van der Waals surface area contributed by atoms with E-state index in [1.807, 2.05) is 22.4 Å². The quantitative estimate of drug-likeness (QED) is 0.675. The third kappa shape index (κ3) is 3.93. The summed E-state index contributed by atoms with van der Waals surface area (Å²) < 4.78 is 40.1. The van der Waals surface area contributed by atoms with Gasteiger partial charge in [0.05, 0.1) is 22.3 Å². The molecule has 0 unspecified atom stereocenters. The average Bonchev–Trinajstić information content (AvgIpc) is 3.34. The van der Waals surface area contributed by atoms with Crippen molar-refractivity contribution < 1.29 is 18.0 Å². The molecule has 3 heterocycles. The summed E-state index contributed by atoms with van der Waals surface area (Å²) in [7, 11) is 0. The molecule has 5 nitrogen and oxygen atoms in total. The van der Waals surface area contributed by atoms with Crippen molar-refractivity contribution in [2.24, 2.45) is 0 Å². The van der Waals surface area contributed by atoms with Crippen LogP contribution in [-0.4, -0.2) is 42.1 Å². The normalized spacial score (nSPS) is 15.2. The molecule has 1 saturated heterocycles. The summed E-state index contributed by atoms with van der Waals surface area (Å²) in [6.07, 6.45) is -4.43. The fraction of sp³-hybridized carbons (Fsp3) is 0.333. The molecule has 0 spiro atoms. The Balaban J connectivity index is 1.40. The maximum absolute atomic E-state index is 13.2. The van der Waals surface area contributed by atoms with Gasteiger partial charge in [-0.1, -0.05) is 23.5 Å². The number of urea groups is 1. The van der Waals surface area contributed by atoms with E-state index in [0.717, 1.165) is 10.9 Å². The Morgan fingerprint density at radius 2 is 1.93 bits per heavy atom. The summed E-state index contributed by atoms with van der Waals surface area (Å²) in [5, 5.41) is 5.42.